The Morgan fingerprint density at radius 1 is 1.44 bits per heavy atom. The van der Waals surface area contributed by atoms with Crippen LogP contribution in [0.25, 0.3) is 10.1 Å². The normalized spacial score (nSPS) is 14.6. The van der Waals surface area contributed by atoms with Gasteiger partial charge in [-0.25, -0.2) is 0 Å². The summed E-state index contributed by atoms with van der Waals surface area (Å²) in [5.41, 5.74) is 0.781. The van der Waals surface area contributed by atoms with E-state index in [4.69, 9.17) is 0 Å². The van der Waals surface area contributed by atoms with Crippen molar-refractivity contribution in [1.29, 1.82) is 0 Å². The van der Waals surface area contributed by atoms with E-state index in [9.17, 15) is 4.79 Å². The maximum absolute atomic E-state index is 11.9. The molecule has 3 rings (SSSR count). The Morgan fingerprint density at radius 2 is 2.33 bits per heavy atom. The number of aliphatic imine (C=N–C) groups is 1. The molecule has 0 atom stereocenters. The third-order valence-electron chi connectivity index (χ3n) is 2.64. The number of nitrogens with zero attached hydrogens (tertiary/aromatic N) is 1. The van der Waals surface area contributed by atoms with Crippen LogP contribution < -0.4 is 5.32 Å². The van der Waals surface area contributed by atoms with Crippen LogP contribution in [-0.4, -0.2) is 23.4 Å². The molecular formula is C12H8N2OS3. The number of benzene rings is 1. The summed E-state index contributed by atoms with van der Waals surface area (Å²) >= 11 is 7.86. The van der Waals surface area contributed by atoms with Crippen molar-refractivity contribution >= 4 is 62.2 Å². The van der Waals surface area contributed by atoms with Gasteiger partial charge in [-0.15, -0.1) is 23.1 Å². The second kappa shape index (κ2) is 4.82. The third-order valence-corrected chi connectivity index (χ3v) is 5.15. The largest absolute Gasteiger partial charge is 0.350 e. The number of carbonyl (C=O) groups excluding carboxylic acids is 1. The Hall–Kier alpha value is -1.20. The molecule has 1 aromatic heterocycles. The average Bonchev–Trinajstić information content (AvgIpc) is 2.63. The fraction of sp³-hybridized carbons (Fsp3) is 0.167. The maximum Gasteiger partial charge on any atom is 0.262 e. The minimum absolute atomic E-state index is 0.0242. The quantitative estimate of drug-likeness (QED) is 0.646. The molecule has 90 valence electrons. The minimum Gasteiger partial charge on any atom is -0.350 e. The molecule has 0 spiro atoms. The number of carbonyl (C=O) groups is 1. The van der Waals surface area contributed by atoms with Gasteiger partial charge in [-0.1, -0.05) is 0 Å². The van der Waals surface area contributed by atoms with E-state index >= 15 is 0 Å². The monoisotopic (exact) mass is 292 g/mol. The second-order valence-corrected chi connectivity index (χ2v) is 6.09. The first-order valence-corrected chi connectivity index (χ1v) is 7.56. The van der Waals surface area contributed by atoms with Crippen molar-refractivity contribution in [3.05, 3.63) is 23.1 Å². The molecule has 1 N–H and O–H groups in total. The van der Waals surface area contributed by atoms with Gasteiger partial charge in [0.1, 0.15) is 4.88 Å². The molecule has 2 aromatic rings. The first kappa shape index (κ1) is 11.9. The molecule has 0 bridgehead atoms. The van der Waals surface area contributed by atoms with Crippen molar-refractivity contribution in [2.24, 2.45) is 4.99 Å². The van der Waals surface area contributed by atoms with Crippen LogP contribution in [0.2, 0.25) is 0 Å². The molecule has 6 heteroatoms. The van der Waals surface area contributed by atoms with Crippen LogP contribution in [0.3, 0.4) is 0 Å². The van der Waals surface area contributed by atoms with Gasteiger partial charge < -0.3 is 5.32 Å². The molecule has 2 heterocycles. The van der Waals surface area contributed by atoms with E-state index < -0.39 is 0 Å². The van der Waals surface area contributed by atoms with E-state index in [2.05, 4.69) is 27.7 Å². The standard InChI is InChI=1S/C12H8N2OS3/c15-12-11-10(17-4-3-13-12)8-5-7(14-6-16)1-2-9(8)18-11/h1-2,5H,3-4H2,(H,13,15). The summed E-state index contributed by atoms with van der Waals surface area (Å²) in [6.07, 6.45) is 0. The summed E-state index contributed by atoms with van der Waals surface area (Å²) < 4.78 is 1.10. The van der Waals surface area contributed by atoms with Crippen molar-refractivity contribution < 1.29 is 4.79 Å². The van der Waals surface area contributed by atoms with Crippen LogP contribution in [-0.2, 0) is 0 Å². The molecule has 1 aliphatic heterocycles. The summed E-state index contributed by atoms with van der Waals surface area (Å²) in [6.45, 7) is 0.712. The maximum atomic E-state index is 11.9. The van der Waals surface area contributed by atoms with Crippen LogP contribution in [0.1, 0.15) is 9.67 Å². The van der Waals surface area contributed by atoms with Crippen LogP contribution in [0.4, 0.5) is 5.69 Å². The second-order valence-electron chi connectivity index (χ2n) is 3.75. The summed E-state index contributed by atoms with van der Waals surface area (Å²) in [7, 11) is 0. The lowest BCUT2D eigenvalue weighted by Gasteiger charge is -1.97. The number of rotatable bonds is 1. The van der Waals surface area contributed by atoms with Gasteiger partial charge >= 0.3 is 0 Å². The predicted molar refractivity (Wildman–Crippen MR) is 79.6 cm³/mol. The van der Waals surface area contributed by atoms with Crippen LogP contribution in [0.15, 0.2) is 28.1 Å². The van der Waals surface area contributed by atoms with Crippen LogP contribution in [0.5, 0.6) is 0 Å². The number of amides is 1. The Balaban J connectivity index is 2.25. The smallest absolute Gasteiger partial charge is 0.262 e. The summed E-state index contributed by atoms with van der Waals surface area (Å²) in [5, 5.41) is 6.35. The Morgan fingerprint density at radius 3 is 3.17 bits per heavy atom. The number of thiophene rings is 1. The fourth-order valence-electron chi connectivity index (χ4n) is 1.88. The van der Waals surface area contributed by atoms with E-state index in [1.807, 2.05) is 18.2 Å². The molecule has 1 amide bonds. The number of hydrogen-bond acceptors (Lipinski definition) is 5. The molecule has 0 saturated carbocycles. The molecular weight excluding hydrogens is 284 g/mol. The van der Waals surface area contributed by atoms with Gasteiger partial charge in [-0.05, 0) is 30.4 Å². The highest BCUT2D eigenvalue weighted by molar-refractivity contribution is 7.99. The summed E-state index contributed by atoms with van der Waals surface area (Å²) in [4.78, 5) is 17.8. The number of hydrogen-bond donors (Lipinski definition) is 1. The Bertz CT molecular complexity index is 686. The van der Waals surface area contributed by atoms with E-state index in [0.717, 1.165) is 31.3 Å². The highest BCUT2D eigenvalue weighted by Gasteiger charge is 2.21. The topological polar surface area (TPSA) is 41.5 Å². The minimum atomic E-state index is 0.0242. The molecule has 0 fully saturated rings. The zero-order valence-electron chi connectivity index (χ0n) is 9.23. The molecule has 0 aliphatic carbocycles. The molecule has 0 saturated heterocycles. The average molecular weight is 292 g/mol. The molecule has 0 unspecified atom stereocenters. The van der Waals surface area contributed by atoms with Gasteiger partial charge in [0.2, 0.25) is 0 Å². The number of fused-ring (bicyclic) bond motifs is 3. The fourth-order valence-corrected chi connectivity index (χ4v) is 4.30. The van der Waals surface area contributed by atoms with Crippen molar-refractivity contribution in [3.63, 3.8) is 0 Å². The van der Waals surface area contributed by atoms with E-state index in [1.54, 1.807) is 11.8 Å². The molecule has 18 heavy (non-hydrogen) atoms. The van der Waals surface area contributed by atoms with Crippen molar-refractivity contribution in [2.45, 2.75) is 4.90 Å². The number of thiocarbonyl (C=S) groups is 1. The van der Waals surface area contributed by atoms with E-state index in [-0.39, 0.29) is 5.91 Å². The van der Waals surface area contributed by atoms with Gasteiger partial charge in [0.25, 0.3) is 5.91 Å². The SMILES string of the molecule is O=C1NCCSc2c1sc1ccc(N=C=S)cc21. The molecule has 1 aliphatic rings. The molecule has 0 radical (unpaired) electrons. The third kappa shape index (κ3) is 1.97. The first-order chi connectivity index (χ1) is 8.79. The van der Waals surface area contributed by atoms with Gasteiger partial charge in [-0.3, -0.25) is 4.79 Å². The van der Waals surface area contributed by atoms with Crippen molar-refractivity contribution in [2.75, 3.05) is 12.3 Å². The highest BCUT2D eigenvalue weighted by atomic mass is 32.2. The first-order valence-electron chi connectivity index (χ1n) is 5.35. The van der Waals surface area contributed by atoms with E-state index in [0.29, 0.717) is 6.54 Å². The summed E-state index contributed by atoms with van der Waals surface area (Å²) in [5.74, 6) is 0.918. The lowest BCUT2D eigenvalue weighted by atomic mass is 10.2. The zero-order chi connectivity index (χ0) is 12.5. The molecule has 3 nitrogen and oxygen atoms in total. The van der Waals surface area contributed by atoms with Crippen molar-refractivity contribution in [3.8, 4) is 0 Å². The Labute approximate surface area is 117 Å². The summed E-state index contributed by atoms with van der Waals surface area (Å²) in [6, 6.07) is 5.84. The Kier molecular flexibility index (Phi) is 3.18. The van der Waals surface area contributed by atoms with E-state index in [1.165, 1.54) is 11.3 Å². The van der Waals surface area contributed by atoms with Crippen LogP contribution in [0, 0.1) is 0 Å². The van der Waals surface area contributed by atoms with Crippen LogP contribution >= 0.6 is 35.3 Å². The highest BCUT2D eigenvalue weighted by Crippen LogP contribution is 2.40. The van der Waals surface area contributed by atoms with Crippen molar-refractivity contribution in [1.82, 2.24) is 5.32 Å². The van der Waals surface area contributed by atoms with Gasteiger partial charge in [-0.2, -0.15) is 4.99 Å². The lowest BCUT2D eigenvalue weighted by Crippen LogP contribution is -2.22. The number of thioether (sulfide) groups is 1. The van der Waals surface area contributed by atoms with Gasteiger partial charge in [0.05, 0.1) is 10.8 Å². The number of nitrogens with one attached hydrogen (secondary N) is 1. The molecule has 1 aromatic carbocycles. The lowest BCUT2D eigenvalue weighted by molar-refractivity contribution is 0.0959. The predicted octanol–water partition coefficient (Wildman–Crippen LogP) is 3.47. The van der Waals surface area contributed by atoms with Gasteiger partial charge in [0, 0.05) is 27.3 Å². The number of isothiocyanates is 1. The zero-order valence-corrected chi connectivity index (χ0v) is 11.7. The van der Waals surface area contributed by atoms with Gasteiger partial charge in [0.15, 0.2) is 0 Å².